The van der Waals surface area contributed by atoms with Gasteiger partial charge in [0.25, 0.3) is 0 Å². The Hall–Kier alpha value is -1.51. The van der Waals surface area contributed by atoms with Crippen LogP contribution in [0, 0.1) is 0 Å². The summed E-state index contributed by atoms with van der Waals surface area (Å²) in [5.41, 5.74) is 6.46. The predicted molar refractivity (Wildman–Crippen MR) is 65.9 cm³/mol. The summed E-state index contributed by atoms with van der Waals surface area (Å²) in [4.78, 5) is 0. The van der Waals surface area contributed by atoms with Gasteiger partial charge in [-0.15, -0.1) is 0 Å². The maximum Gasteiger partial charge on any atom is 0.127 e. The molecule has 0 atom stereocenters. The van der Waals surface area contributed by atoms with Crippen molar-refractivity contribution in [2.45, 2.75) is 6.54 Å². The van der Waals surface area contributed by atoms with Crippen LogP contribution in [0.25, 0.3) is 0 Å². The van der Waals surface area contributed by atoms with Gasteiger partial charge in [0.1, 0.15) is 11.5 Å². The van der Waals surface area contributed by atoms with Crippen molar-refractivity contribution in [1.82, 2.24) is 0 Å². The topological polar surface area (TPSA) is 35.2 Å². The Morgan fingerprint density at radius 2 is 1.75 bits per heavy atom. The quantitative estimate of drug-likeness (QED) is 0.879. The highest BCUT2D eigenvalue weighted by molar-refractivity contribution is 6.31. The van der Waals surface area contributed by atoms with Crippen molar-refractivity contribution in [1.29, 1.82) is 0 Å². The van der Waals surface area contributed by atoms with E-state index in [1.807, 2.05) is 42.5 Å². The number of nitrogens with two attached hydrogens (primary N) is 1. The molecule has 0 spiro atoms. The molecular weight excluding hydrogens is 222 g/mol. The molecule has 0 saturated carbocycles. The summed E-state index contributed by atoms with van der Waals surface area (Å²) in [6.45, 7) is 0.408. The summed E-state index contributed by atoms with van der Waals surface area (Å²) < 4.78 is 5.66. The van der Waals surface area contributed by atoms with E-state index in [1.54, 1.807) is 6.07 Å². The molecule has 0 aliphatic rings. The Morgan fingerprint density at radius 1 is 1.00 bits per heavy atom. The lowest BCUT2D eigenvalue weighted by molar-refractivity contribution is 0.482. The smallest absolute Gasteiger partial charge is 0.127 e. The summed E-state index contributed by atoms with van der Waals surface area (Å²) in [5, 5.41) is 0.669. The molecule has 0 aliphatic heterocycles. The van der Waals surface area contributed by atoms with E-state index >= 15 is 0 Å². The second-order valence-corrected chi connectivity index (χ2v) is 3.78. The Morgan fingerprint density at radius 3 is 2.44 bits per heavy atom. The lowest BCUT2D eigenvalue weighted by atomic mass is 10.2. The fraction of sp³-hybridized carbons (Fsp3) is 0.0769. The van der Waals surface area contributed by atoms with Crippen LogP contribution < -0.4 is 10.5 Å². The highest BCUT2D eigenvalue weighted by Crippen LogP contribution is 2.25. The normalized spacial score (nSPS) is 10.1. The van der Waals surface area contributed by atoms with Gasteiger partial charge in [0.05, 0.1) is 0 Å². The van der Waals surface area contributed by atoms with Gasteiger partial charge in [-0.2, -0.15) is 0 Å². The van der Waals surface area contributed by atoms with Crippen LogP contribution in [0.1, 0.15) is 5.56 Å². The van der Waals surface area contributed by atoms with E-state index in [0.29, 0.717) is 11.6 Å². The maximum absolute atomic E-state index is 5.96. The number of hydrogen-bond acceptors (Lipinski definition) is 2. The van der Waals surface area contributed by atoms with Crippen molar-refractivity contribution >= 4 is 11.6 Å². The van der Waals surface area contributed by atoms with E-state index < -0.39 is 0 Å². The standard InChI is InChI=1S/C13H12ClNO/c14-13-7-6-12(8-10(13)9-15)16-11-4-2-1-3-5-11/h1-8H,9,15H2. The minimum Gasteiger partial charge on any atom is -0.457 e. The van der Waals surface area contributed by atoms with Gasteiger partial charge < -0.3 is 10.5 Å². The molecule has 0 saturated heterocycles. The fourth-order valence-electron chi connectivity index (χ4n) is 1.40. The van der Waals surface area contributed by atoms with Gasteiger partial charge in [0.2, 0.25) is 0 Å². The minimum atomic E-state index is 0.408. The summed E-state index contributed by atoms with van der Waals surface area (Å²) in [6, 6.07) is 15.1. The van der Waals surface area contributed by atoms with Crippen LogP contribution in [0.2, 0.25) is 5.02 Å². The van der Waals surface area contributed by atoms with E-state index in [-0.39, 0.29) is 0 Å². The summed E-state index contributed by atoms with van der Waals surface area (Å²) in [5.74, 6) is 1.55. The van der Waals surface area contributed by atoms with Gasteiger partial charge in [0, 0.05) is 11.6 Å². The zero-order valence-corrected chi connectivity index (χ0v) is 9.45. The first-order chi connectivity index (χ1) is 7.79. The Labute approximate surface area is 99.6 Å². The van der Waals surface area contributed by atoms with Crippen molar-refractivity contribution in [2.24, 2.45) is 5.73 Å². The molecule has 0 amide bonds. The molecule has 3 heteroatoms. The first-order valence-electron chi connectivity index (χ1n) is 5.01. The number of hydrogen-bond donors (Lipinski definition) is 1. The number of ether oxygens (including phenoxy) is 1. The van der Waals surface area contributed by atoms with Gasteiger partial charge in [-0.05, 0) is 35.9 Å². The third kappa shape index (κ3) is 2.54. The number of halogens is 1. The number of rotatable bonds is 3. The highest BCUT2D eigenvalue weighted by atomic mass is 35.5. The number of para-hydroxylation sites is 1. The Balaban J connectivity index is 2.22. The third-order valence-electron chi connectivity index (χ3n) is 2.22. The van der Waals surface area contributed by atoms with E-state index in [1.165, 1.54) is 0 Å². The van der Waals surface area contributed by atoms with Crippen LogP contribution in [0.5, 0.6) is 11.5 Å². The van der Waals surface area contributed by atoms with Crippen LogP contribution in [0.15, 0.2) is 48.5 Å². The van der Waals surface area contributed by atoms with Crippen molar-refractivity contribution in [3.8, 4) is 11.5 Å². The monoisotopic (exact) mass is 233 g/mol. The van der Waals surface area contributed by atoms with Crippen LogP contribution >= 0.6 is 11.6 Å². The van der Waals surface area contributed by atoms with Gasteiger partial charge in [-0.25, -0.2) is 0 Å². The lowest BCUT2D eigenvalue weighted by Gasteiger charge is -2.07. The Kier molecular flexibility index (Phi) is 3.44. The zero-order chi connectivity index (χ0) is 11.4. The molecule has 0 unspecified atom stereocenters. The molecule has 82 valence electrons. The van der Waals surface area contributed by atoms with E-state index in [2.05, 4.69) is 0 Å². The Bertz CT molecular complexity index is 471. The average molecular weight is 234 g/mol. The lowest BCUT2D eigenvalue weighted by Crippen LogP contribution is -1.97. The van der Waals surface area contributed by atoms with Crippen molar-refractivity contribution in [3.05, 3.63) is 59.1 Å². The SMILES string of the molecule is NCc1cc(Oc2ccccc2)ccc1Cl. The fourth-order valence-corrected chi connectivity index (χ4v) is 1.59. The minimum absolute atomic E-state index is 0.408. The molecule has 0 fully saturated rings. The molecule has 16 heavy (non-hydrogen) atoms. The molecule has 0 heterocycles. The summed E-state index contributed by atoms with van der Waals surface area (Å²) in [6.07, 6.45) is 0. The van der Waals surface area contributed by atoms with Gasteiger partial charge in [-0.3, -0.25) is 0 Å². The molecule has 0 bridgehead atoms. The second-order valence-electron chi connectivity index (χ2n) is 3.37. The van der Waals surface area contributed by atoms with Crippen LogP contribution in [0.3, 0.4) is 0 Å². The molecular formula is C13H12ClNO. The van der Waals surface area contributed by atoms with Crippen molar-refractivity contribution < 1.29 is 4.74 Å². The predicted octanol–water partition coefficient (Wildman–Crippen LogP) is 3.59. The molecule has 2 aromatic rings. The van der Waals surface area contributed by atoms with Crippen LogP contribution in [-0.4, -0.2) is 0 Å². The van der Waals surface area contributed by atoms with E-state index in [0.717, 1.165) is 17.1 Å². The van der Waals surface area contributed by atoms with Crippen LogP contribution in [0.4, 0.5) is 0 Å². The summed E-state index contributed by atoms with van der Waals surface area (Å²) in [7, 11) is 0. The molecule has 0 aliphatic carbocycles. The van der Waals surface area contributed by atoms with Crippen molar-refractivity contribution in [2.75, 3.05) is 0 Å². The largest absolute Gasteiger partial charge is 0.457 e. The van der Waals surface area contributed by atoms with E-state index in [4.69, 9.17) is 22.1 Å². The molecule has 2 N–H and O–H groups in total. The second kappa shape index (κ2) is 5.01. The first-order valence-corrected chi connectivity index (χ1v) is 5.39. The number of benzene rings is 2. The molecule has 2 nitrogen and oxygen atoms in total. The van der Waals surface area contributed by atoms with E-state index in [9.17, 15) is 0 Å². The van der Waals surface area contributed by atoms with Crippen molar-refractivity contribution in [3.63, 3.8) is 0 Å². The molecule has 2 rings (SSSR count). The van der Waals surface area contributed by atoms with Gasteiger partial charge >= 0.3 is 0 Å². The van der Waals surface area contributed by atoms with Gasteiger partial charge in [0.15, 0.2) is 0 Å². The maximum atomic E-state index is 5.96. The average Bonchev–Trinajstić information content (AvgIpc) is 2.33. The molecule has 0 radical (unpaired) electrons. The zero-order valence-electron chi connectivity index (χ0n) is 8.69. The first kappa shape index (κ1) is 11.0. The highest BCUT2D eigenvalue weighted by Gasteiger charge is 2.02. The molecule has 0 aromatic heterocycles. The summed E-state index contributed by atoms with van der Waals surface area (Å²) >= 11 is 5.96. The van der Waals surface area contributed by atoms with Gasteiger partial charge in [-0.1, -0.05) is 29.8 Å². The molecule has 2 aromatic carbocycles. The third-order valence-corrected chi connectivity index (χ3v) is 2.58. The van der Waals surface area contributed by atoms with Crippen LogP contribution in [-0.2, 0) is 6.54 Å².